The molecule has 1 atom stereocenters. The van der Waals surface area contributed by atoms with Crippen molar-refractivity contribution in [2.75, 3.05) is 20.3 Å². The van der Waals surface area contributed by atoms with Crippen molar-refractivity contribution < 1.29 is 23.7 Å². The van der Waals surface area contributed by atoms with E-state index in [0.717, 1.165) is 22.4 Å². The third-order valence-corrected chi connectivity index (χ3v) is 8.31. The van der Waals surface area contributed by atoms with Gasteiger partial charge in [-0.3, -0.25) is 9.36 Å². The van der Waals surface area contributed by atoms with Crippen molar-refractivity contribution in [1.82, 2.24) is 4.57 Å². The maximum Gasteiger partial charge on any atom is 0.337 e. The number of carbonyl (C=O) groups is 1. The molecule has 0 unspecified atom stereocenters. The molecule has 0 aliphatic carbocycles. The summed E-state index contributed by atoms with van der Waals surface area (Å²) in [6, 6.07) is 17.9. The van der Waals surface area contributed by atoms with E-state index in [-0.39, 0.29) is 11.1 Å². The van der Waals surface area contributed by atoms with E-state index in [2.05, 4.69) is 11.6 Å². The summed E-state index contributed by atoms with van der Waals surface area (Å²) in [5.41, 5.74) is 3.37. The van der Waals surface area contributed by atoms with E-state index in [4.69, 9.17) is 30.5 Å². The highest BCUT2D eigenvalue weighted by Crippen LogP contribution is 2.35. The first-order valence-electron chi connectivity index (χ1n) is 14.5. The Hall–Kier alpha value is -4.60. The lowest BCUT2D eigenvalue weighted by Gasteiger charge is -2.23. The number of methoxy groups -OCH3 is 1. The largest absolute Gasteiger partial charge is 0.490 e. The van der Waals surface area contributed by atoms with E-state index in [0.29, 0.717) is 57.7 Å². The summed E-state index contributed by atoms with van der Waals surface area (Å²) in [7, 11) is 1.30. The zero-order valence-electron chi connectivity index (χ0n) is 25.2. The maximum absolute atomic E-state index is 14.0. The van der Waals surface area contributed by atoms with Crippen molar-refractivity contribution in [3.8, 4) is 17.2 Å². The highest BCUT2D eigenvalue weighted by atomic mass is 35.5. The second kappa shape index (κ2) is 14.5. The maximum atomic E-state index is 14.0. The number of halogens is 1. The van der Waals surface area contributed by atoms with Crippen LogP contribution in [0.25, 0.3) is 6.08 Å². The second-order valence-electron chi connectivity index (χ2n) is 10.0. The van der Waals surface area contributed by atoms with Crippen LogP contribution in [0.5, 0.6) is 17.2 Å². The summed E-state index contributed by atoms with van der Waals surface area (Å²) in [6.07, 6.45) is 5.69. The van der Waals surface area contributed by atoms with Gasteiger partial charge in [0.1, 0.15) is 12.4 Å². The van der Waals surface area contributed by atoms with Gasteiger partial charge in [0.05, 0.1) is 36.5 Å². The number of esters is 1. The molecule has 10 heteroatoms. The summed E-state index contributed by atoms with van der Waals surface area (Å²) in [6.45, 7) is 8.93. The van der Waals surface area contributed by atoms with Crippen molar-refractivity contribution in [1.29, 1.82) is 0 Å². The minimum absolute atomic E-state index is 0.235. The standard InChI is InChI=1S/C35H33ClN2O6S/c1-5-8-24-17-23(11-15-28(24)44-21-22-9-13-26(36)14-10-22)18-31-33(39)38-32(27(34(40)41-4)20-37-35(38)45-31)25-12-16-29(42-6-2)30(19-25)43-7-3/h5,9-20,32H,1,6-8,21H2,2-4H3/b31-18-/t32-/m1/s1. The minimum atomic E-state index is -0.772. The summed E-state index contributed by atoms with van der Waals surface area (Å²) in [4.78, 5) is 31.8. The first-order valence-corrected chi connectivity index (χ1v) is 15.7. The monoisotopic (exact) mass is 644 g/mol. The van der Waals surface area contributed by atoms with Gasteiger partial charge in [-0.15, -0.1) is 6.58 Å². The Morgan fingerprint density at radius 1 is 1.00 bits per heavy atom. The summed E-state index contributed by atoms with van der Waals surface area (Å²) in [5.74, 6) is 1.25. The van der Waals surface area contributed by atoms with E-state index in [1.807, 2.05) is 74.5 Å². The van der Waals surface area contributed by atoms with Crippen molar-refractivity contribution in [3.05, 3.63) is 132 Å². The molecule has 1 aliphatic heterocycles. The van der Waals surface area contributed by atoms with Crippen LogP contribution in [0.15, 0.2) is 94.9 Å². The SMILES string of the molecule is C=CCc1cc(/C=c2\sc3n(c2=O)[C@H](c2ccc(OCC)c(OCC)c2)C(C(=O)OC)=CN=3)ccc1OCc1ccc(Cl)cc1. The fraction of sp³-hybridized carbons (Fsp3) is 0.229. The number of carbonyl (C=O) groups excluding carboxylic acids is 1. The smallest absolute Gasteiger partial charge is 0.337 e. The van der Waals surface area contributed by atoms with Gasteiger partial charge in [-0.05, 0) is 85.0 Å². The van der Waals surface area contributed by atoms with Crippen molar-refractivity contribution in [2.45, 2.75) is 32.9 Å². The molecule has 0 fully saturated rings. The Balaban J connectivity index is 1.54. The molecule has 4 aromatic rings. The molecule has 0 spiro atoms. The fourth-order valence-electron chi connectivity index (χ4n) is 5.03. The number of thiazole rings is 1. The number of benzene rings is 3. The molecule has 45 heavy (non-hydrogen) atoms. The van der Waals surface area contributed by atoms with E-state index in [1.54, 1.807) is 12.1 Å². The number of hydrogen-bond donors (Lipinski definition) is 0. The summed E-state index contributed by atoms with van der Waals surface area (Å²) in [5, 5.41) is 0.670. The Morgan fingerprint density at radius 2 is 1.73 bits per heavy atom. The molecular weight excluding hydrogens is 612 g/mol. The molecule has 0 saturated heterocycles. The predicted molar refractivity (Wildman–Crippen MR) is 176 cm³/mol. The molecule has 8 nitrogen and oxygen atoms in total. The minimum Gasteiger partial charge on any atom is -0.490 e. The number of aromatic nitrogens is 1. The van der Waals surface area contributed by atoms with Crippen molar-refractivity contribution in [2.24, 2.45) is 4.99 Å². The molecule has 0 radical (unpaired) electrons. The Morgan fingerprint density at radius 3 is 2.44 bits per heavy atom. The normalized spacial score (nSPS) is 14.2. The molecule has 1 aromatic heterocycles. The van der Waals surface area contributed by atoms with Crippen LogP contribution in [0.3, 0.4) is 0 Å². The zero-order chi connectivity index (χ0) is 31.9. The van der Waals surface area contributed by atoms with E-state index in [9.17, 15) is 9.59 Å². The van der Waals surface area contributed by atoms with Gasteiger partial charge in [-0.25, -0.2) is 9.79 Å². The molecule has 5 rings (SSSR count). The molecule has 2 heterocycles. The van der Waals surface area contributed by atoms with Gasteiger partial charge in [0.2, 0.25) is 0 Å². The van der Waals surface area contributed by atoms with E-state index in [1.165, 1.54) is 29.2 Å². The van der Waals surface area contributed by atoms with Crippen LogP contribution in [0, 0.1) is 0 Å². The number of allylic oxidation sites excluding steroid dienone is 1. The molecule has 0 saturated carbocycles. The van der Waals surface area contributed by atoms with Crippen molar-refractivity contribution in [3.63, 3.8) is 0 Å². The Labute approximate surface area is 270 Å². The van der Waals surface area contributed by atoms with Crippen molar-refractivity contribution >= 4 is 35.0 Å². The van der Waals surface area contributed by atoms with Crippen LogP contribution < -0.4 is 29.1 Å². The number of ether oxygens (including phenoxy) is 4. The number of rotatable bonds is 12. The highest BCUT2D eigenvalue weighted by Gasteiger charge is 2.31. The van der Waals surface area contributed by atoms with Gasteiger partial charge in [0, 0.05) is 11.2 Å². The average Bonchev–Trinajstić information content (AvgIpc) is 3.36. The highest BCUT2D eigenvalue weighted by molar-refractivity contribution is 7.07. The number of hydrogen-bond acceptors (Lipinski definition) is 8. The van der Waals surface area contributed by atoms with Gasteiger partial charge < -0.3 is 18.9 Å². The fourth-order valence-corrected chi connectivity index (χ4v) is 6.12. The van der Waals surface area contributed by atoms with Crippen LogP contribution in [0.4, 0.5) is 0 Å². The third kappa shape index (κ3) is 7.05. The first kappa shape index (κ1) is 31.8. The first-order chi connectivity index (χ1) is 21.9. The predicted octanol–water partition coefficient (Wildman–Crippen LogP) is 5.78. The van der Waals surface area contributed by atoms with Crippen LogP contribution >= 0.6 is 22.9 Å². The molecule has 0 amide bonds. The number of nitrogens with zero attached hydrogens (tertiary/aromatic N) is 2. The lowest BCUT2D eigenvalue weighted by atomic mass is 9.97. The molecule has 3 aromatic carbocycles. The van der Waals surface area contributed by atoms with Crippen LogP contribution in [0.1, 0.15) is 42.1 Å². The molecule has 1 aliphatic rings. The second-order valence-corrected chi connectivity index (χ2v) is 11.5. The topological polar surface area (TPSA) is 88.4 Å². The quantitative estimate of drug-likeness (QED) is 0.144. The molecule has 0 N–H and O–H groups in total. The van der Waals surface area contributed by atoms with Crippen LogP contribution in [0.2, 0.25) is 5.02 Å². The molecule has 232 valence electrons. The van der Waals surface area contributed by atoms with E-state index >= 15 is 0 Å². The van der Waals surface area contributed by atoms with Gasteiger partial charge in [0.15, 0.2) is 16.3 Å². The summed E-state index contributed by atoms with van der Waals surface area (Å²) >= 11 is 7.25. The van der Waals surface area contributed by atoms with Gasteiger partial charge in [0.25, 0.3) is 5.56 Å². The Kier molecular flexibility index (Phi) is 10.2. The van der Waals surface area contributed by atoms with Gasteiger partial charge in [-0.1, -0.05) is 53.3 Å². The lowest BCUT2D eigenvalue weighted by molar-refractivity contribution is -0.136. The van der Waals surface area contributed by atoms with Crippen LogP contribution in [-0.2, 0) is 22.6 Å². The van der Waals surface area contributed by atoms with E-state index < -0.39 is 12.0 Å². The third-order valence-electron chi connectivity index (χ3n) is 7.06. The molecular formula is C35H33ClN2O6S. The van der Waals surface area contributed by atoms with Gasteiger partial charge in [-0.2, -0.15) is 0 Å². The Bertz CT molecular complexity index is 1930. The van der Waals surface area contributed by atoms with Gasteiger partial charge >= 0.3 is 5.97 Å². The lowest BCUT2D eigenvalue weighted by Crippen LogP contribution is -2.39. The van der Waals surface area contributed by atoms with Crippen LogP contribution in [-0.4, -0.2) is 30.9 Å². The average molecular weight is 645 g/mol. The zero-order valence-corrected chi connectivity index (χ0v) is 26.8. The summed E-state index contributed by atoms with van der Waals surface area (Å²) < 4.78 is 24.7. The number of fused-ring (bicyclic) bond motifs is 1. The molecule has 0 bridgehead atoms.